The fraction of sp³-hybridized carbons (Fsp3) is 0.100. The summed E-state index contributed by atoms with van der Waals surface area (Å²) in [4.78, 5) is 0. The first-order valence-electron chi connectivity index (χ1n) is 4.44. The number of halogens is 3. The van der Waals surface area contributed by atoms with Crippen molar-refractivity contribution in [2.75, 3.05) is 5.73 Å². The van der Waals surface area contributed by atoms with Gasteiger partial charge in [0.1, 0.15) is 16.7 Å². The van der Waals surface area contributed by atoms with Gasteiger partial charge < -0.3 is 5.73 Å². The lowest BCUT2D eigenvalue weighted by Crippen LogP contribution is -1.98. The molecular weight excluding hydrogens is 236 g/mol. The monoisotopic (exact) mass is 243 g/mol. The van der Waals surface area contributed by atoms with Gasteiger partial charge in [-0.25, -0.2) is 8.78 Å². The Morgan fingerprint density at radius 3 is 2.31 bits per heavy atom. The molecule has 0 aliphatic rings. The first-order valence-corrected chi connectivity index (χ1v) is 4.82. The number of nitrogens with two attached hydrogens (primary N) is 1. The zero-order chi connectivity index (χ0) is 11.9. The summed E-state index contributed by atoms with van der Waals surface area (Å²) >= 11 is 5.85. The highest BCUT2D eigenvalue weighted by Crippen LogP contribution is 2.34. The summed E-state index contributed by atoms with van der Waals surface area (Å²) < 4.78 is 28.3. The molecule has 0 saturated heterocycles. The molecule has 16 heavy (non-hydrogen) atoms. The summed E-state index contributed by atoms with van der Waals surface area (Å²) in [5.41, 5.74) is 5.38. The Balaban J connectivity index is 2.77. The Morgan fingerprint density at radius 2 is 1.88 bits per heavy atom. The highest BCUT2D eigenvalue weighted by atomic mass is 35.5. The number of aryl methyl sites for hydroxylation is 1. The van der Waals surface area contributed by atoms with Crippen LogP contribution >= 0.6 is 11.6 Å². The molecule has 2 aromatic rings. The average molecular weight is 244 g/mol. The van der Waals surface area contributed by atoms with E-state index in [9.17, 15) is 8.78 Å². The first-order chi connectivity index (χ1) is 7.52. The highest BCUT2D eigenvalue weighted by molar-refractivity contribution is 6.35. The van der Waals surface area contributed by atoms with Gasteiger partial charge in [0.25, 0.3) is 0 Å². The molecule has 0 unspecified atom stereocenters. The molecule has 0 bridgehead atoms. The molecule has 6 heteroatoms. The third-order valence-corrected chi connectivity index (χ3v) is 2.59. The molecule has 1 heterocycles. The number of anilines is 1. The Labute approximate surface area is 95.4 Å². The van der Waals surface area contributed by atoms with Gasteiger partial charge in [0.15, 0.2) is 5.82 Å². The van der Waals surface area contributed by atoms with Crippen LogP contribution in [0.2, 0.25) is 5.02 Å². The Morgan fingerprint density at radius 1 is 1.31 bits per heavy atom. The van der Waals surface area contributed by atoms with Crippen molar-refractivity contribution < 1.29 is 8.78 Å². The van der Waals surface area contributed by atoms with Crippen molar-refractivity contribution in [1.82, 2.24) is 9.78 Å². The zero-order valence-electron chi connectivity index (χ0n) is 8.34. The van der Waals surface area contributed by atoms with E-state index >= 15 is 0 Å². The molecule has 0 radical (unpaired) electrons. The van der Waals surface area contributed by atoms with Crippen molar-refractivity contribution in [3.63, 3.8) is 0 Å². The van der Waals surface area contributed by atoms with E-state index in [1.54, 1.807) is 0 Å². The van der Waals surface area contributed by atoms with Crippen molar-refractivity contribution in [2.45, 2.75) is 0 Å². The van der Waals surface area contributed by atoms with Crippen LogP contribution in [0.25, 0.3) is 11.3 Å². The smallest absolute Gasteiger partial charge is 0.164 e. The minimum Gasteiger partial charge on any atom is -0.381 e. The molecule has 0 amide bonds. The predicted molar refractivity (Wildman–Crippen MR) is 58.0 cm³/mol. The maximum absolute atomic E-state index is 13.5. The molecule has 0 aliphatic heterocycles. The number of nitrogen functional groups attached to an aromatic ring is 1. The van der Waals surface area contributed by atoms with Gasteiger partial charge in [-0.15, -0.1) is 0 Å². The maximum Gasteiger partial charge on any atom is 0.164 e. The molecule has 3 nitrogen and oxygen atoms in total. The quantitative estimate of drug-likeness (QED) is 0.837. The van der Waals surface area contributed by atoms with E-state index in [2.05, 4.69) is 5.10 Å². The van der Waals surface area contributed by atoms with Crippen LogP contribution in [0.5, 0.6) is 0 Å². The minimum absolute atomic E-state index is 0.0434. The summed E-state index contributed by atoms with van der Waals surface area (Å²) in [5, 5.41) is 3.85. The van der Waals surface area contributed by atoms with Crippen LogP contribution in [-0.4, -0.2) is 9.78 Å². The van der Waals surface area contributed by atoms with Gasteiger partial charge in [-0.1, -0.05) is 17.7 Å². The summed E-state index contributed by atoms with van der Waals surface area (Å²) in [7, 11) is 1.52. The molecule has 0 aliphatic carbocycles. The van der Waals surface area contributed by atoms with Crippen LogP contribution in [-0.2, 0) is 7.05 Å². The SMILES string of the molecule is Cn1nc(N)c(Cl)c1-c1c(F)cccc1F. The average Bonchev–Trinajstić information content (AvgIpc) is 2.44. The van der Waals surface area contributed by atoms with Crippen molar-refractivity contribution >= 4 is 17.4 Å². The zero-order valence-corrected chi connectivity index (χ0v) is 9.09. The number of rotatable bonds is 1. The fourth-order valence-electron chi connectivity index (χ4n) is 1.51. The van der Waals surface area contributed by atoms with Crippen LogP contribution in [0.3, 0.4) is 0 Å². The molecule has 2 rings (SSSR count). The molecule has 0 spiro atoms. The molecule has 0 saturated carbocycles. The van der Waals surface area contributed by atoms with E-state index in [1.165, 1.54) is 17.8 Å². The van der Waals surface area contributed by atoms with Crippen molar-refractivity contribution in [3.05, 3.63) is 34.9 Å². The second-order valence-electron chi connectivity index (χ2n) is 3.27. The standard InChI is InChI=1S/C10H8ClF2N3/c1-16-9(8(11)10(14)15-16)7-5(12)3-2-4-6(7)13/h2-4H,1H3,(H2,14,15). The van der Waals surface area contributed by atoms with Gasteiger partial charge in [0.2, 0.25) is 0 Å². The lowest BCUT2D eigenvalue weighted by atomic mass is 10.1. The number of nitrogens with zero attached hydrogens (tertiary/aromatic N) is 2. The van der Waals surface area contributed by atoms with Gasteiger partial charge >= 0.3 is 0 Å². The van der Waals surface area contributed by atoms with E-state index < -0.39 is 11.6 Å². The highest BCUT2D eigenvalue weighted by Gasteiger charge is 2.20. The molecule has 0 atom stereocenters. The Hall–Kier alpha value is -1.62. The van der Waals surface area contributed by atoms with Crippen molar-refractivity contribution in [1.29, 1.82) is 0 Å². The Kier molecular flexibility index (Phi) is 2.55. The lowest BCUT2D eigenvalue weighted by Gasteiger charge is -2.05. The first kappa shape index (κ1) is 10.9. The predicted octanol–water partition coefficient (Wildman–Crippen LogP) is 2.60. The summed E-state index contributed by atoms with van der Waals surface area (Å²) in [6, 6.07) is 3.58. The third kappa shape index (κ3) is 1.53. The van der Waals surface area contributed by atoms with Crippen LogP contribution in [0.1, 0.15) is 0 Å². The lowest BCUT2D eigenvalue weighted by molar-refractivity contribution is 0.585. The van der Waals surface area contributed by atoms with Crippen molar-refractivity contribution in [2.24, 2.45) is 7.05 Å². The molecular formula is C10H8ClF2N3. The molecule has 0 fully saturated rings. The number of aromatic nitrogens is 2. The second kappa shape index (κ2) is 3.75. The fourth-order valence-corrected chi connectivity index (χ4v) is 1.77. The van der Waals surface area contributed by atoms with Crippen LogP contribution in [0.15, 0.2) is 18.2 Å². The summed E-state index contributed by atoms with van der Waals surface area (Å²) in [5.74, 6) is -1.36. The maximum atomic E-state index is 13.5. The number of hydrogen-bond acceptors (Lipinski definition) is 2. The van der Waals surface area contributed by atoms with Gasteiger partial charge in [-0.3, -0.25) is 4.68 Å². The second-order valence-corrected chi connectivity index (χ2v) is 3.65. The summed E-state index contributed by atoms with van der Waals surface area (Å²) in [6.45, 7) is 0. The van der Waals surface area contributed by atoms with E-state index in [0.29, 0.717) is 0 Å². The minimum atomic E-state index is -0.704. The van der Waals surface area contributed by atoms with Crippen LogP contribution < -0.4 is 5.73 Å². The van der Waals surface area contributed by atoms with Gasteiger partial charge in [-0.05, 0) is 12.1 Å². The van der Waals surface area contributed by atoms with E-state index in [0.717, 1.165) is 12.1 Å². The van der Waals surface area contributed by atoms with E-state index in [1.807, 2.05) is 0 Å². The molecule has 2 N–H and O–H groups in total. The van der Waals surface area contributed by atoms with Gasteiger partial charge in [0, 0.05) is 7.05 Å². The molecule has 1 aromatic heterocycles. The van der Waals surface area contributed by atoms with E-state index in [-0.39, 0.29) is 22.1 Å². The van der Waals surface area contributed by atoms with E-state index in [4.69, 9.17) is 17.3 Å². The van der Waals surface area contributed by atoms with Crippen LogP contribution in [0, 0.1) is 11.6 Å². The topological polar surface area (TPSA) is 43.8 Å². The van der Waals surface area contributed by atoms with Gasteiger partial charge in [-0.2, -0.15) is 5.10 Å². The van der Waals surface area contributed by atoms with Gasteiger partial charge in [0.05, 0.1) is 11.3 Å². The largest absolute Gasteiger partial charge is 0.381 e. The summed E-state index contributed by atoms with van der Waals surface area (Å²) in [6.07, 6.45) is 0. The normalized spacial score (nSPS) is 10.8. The number of benzene rings is 1. The molecule has 84 valence electrons. The van der Waals surface area contributed by atoms with Crippen molar-refractivity contribution in [3.8, 4) is 11.3 Å². The Bertz CT molecular complexity index is 531. The molecule has 1 aromatic carbocycles. The third-order valence-electron chi connectivity index (χ3n) is 2.21. The number of hydrogen-bond donors (Lipinski definition) is 1. The van der Waals surface area contributed by atoms with Crippen LogP contribution in [0.4, 0.5) is 14.6 Å².